The largest absolute Gasteiger partial charge is 0.399 e. The van der Waals surface area contributed by atoms with Gasteiger partial charge < -0.3 is 5.73 Å². The predicted octanol–water partition coefficient (Wildman–Crippen LogP) is 0.717. The van der Waals surface area contributed by atoms with E-state index in [2.05, 4.69) is 4.72 Å². The summed E-state index contributed by atoms with van der Waals surface area (Å²) >= 11 is 0. The maximum absolute atomic E-state index is 12.2. The van der Waals surface area contributed by atoms with Crippen molar-refractivity contribution in [3.63, 3.8) is 0 Å². The number of nitrogen functional groups attached to an aromatic ring is 1. The minimum atomic E-state index is -4.09. The van der Waals surface area contributed by atoms with Gasteiger partial charge in [0.2, 0.25) is 10.0 Å². The van der Waals surface area contributed by atoms with Crippen molar-refractivity contribution in [2.75, 3.05) is 10.5 Å². The van der Waals surface area contributed by atoms with Crippen molar-refractivity contribution in [2.45, 2.75) is 9.79 Å². The van der Waals surface area contributed by atoms with Crippen molar-refractivity contribution in [1.29, 1.82) is 0 Å². The van der Waals surface area contributed by atoms with Crippen molar-refractivity contribution in [1.82, 2.24) is 0 Å². The molecule has 0 spiro atoms. The highest BCUT2D eigenvalue weighted by Crippen LogP contribution is 2.25. The summed E-state index contributed by atoms with van der Waals surface area (Å²) in [5.41, 5.74) is 5.57. The molecule has 7 nitrogen and oxygen atoms in total. The van der Waals surface area contributed by atoms with Gasteiger partial charge in [0, 0.05) is 5.69 Å². The maximum Gasteiger partial charge on any atom is 0.261 e. The van der Waals surface area contributed by atoms with Crippen LogP contribution in [0.25, 0.3) is 0 Å². The molecule has 0 heterocycles. The zero-order valence-electron chi connectivity index (χ0n) is 10.7. The first kappa shape index (κ1) is 15.3. The Morgan fingerprint density at radius 1 is 0.905 bits per heavy atom. The van der Waals surface area contributed by atoms with E-state index in [1.807, 2.05) is 0 Å². The molecule has 0 atom stereocenters. The molecule has 0 saturated carbocycles. The van der Waals surface area contributed by atoms with Crippen LogP contribution in [-0.2, 0) is 20.0 Å². The van der Waals surface area contributed by atoms with Gasteiger partial charge in [0.15, 0.2) is 0 Å². The van der Waals surface area contributed by atoms with E-state index in [1.165, 1.54) is 24.3 Å². The van der Waals surface area contributed by atoms with Crippen molar-refractivity contribution >= 4 is 31.4 Å². The molecule has 0 aromatic heterocycles. The minimum absolute atomic E-state index is 0.00667. The normalized spacial score (nSPS) is 12.0. The van der Waals surface area contributed by atoms with Gasteiger partial charge >= 0.3 is 0 Å². The summed E-state index contributed by atoms with van der Waals surface area (Å²) in [5.74, 6) is 0. The number of nitrogens with one attached hydrogen (secondary N) is 1. The van der Waals surface area contributed by atoms with E-state index in [-0.39, 0.29) is 21.2 Å². The topological polar surface area (TPSA) is 132 Å². The van der Waals surface area contributed by atoms with Gasteiger partial charge in [-0.3, -0.25) is 4.72 Å². The van der Waals surface area contributed by atoms with Crippen molar-refractivity contribution in [2.24, 2.45) is 5.14 Å². The van der Waals surface area contributed by atoms with Crippen LogP contribution >= 0.6 is 0 Å². The fraction of sp³-hybridized carbons (Fsp3) is 0. The summed E-state index contributed by atoms with van der Waals surface area (Å²) in [7, 11) is -8.03. The van der Waals surface area contributed by atoms with Crippen molar-refractivity contribution in [3.8, 4) is 0 Å². The van der Waals surface area contributed by atoms with E-state index >= 15 is 0 Å². The van der Waals surface area contributed by atoms with Crippen LogP contribution in [0, 0.1) is 0 Å². The van der Waals surface area contributed by atoms with E-state index in [0.29, 0.717) is 0 Å². The average molecular weight is 327 g/mol. The van der Waals surface area contributed by atoms with E-state index in [9.17, 15) is 16.8 Å². The van der Waals surface area contributed by atoms with Gasteiger partial charge in [-0.25, -0.2) is 22.0 Å². The van der Waals surface area contributed by atoms with Crippen LogP contribution in [0.15, 0.2) is 58.3 Å². The van der Waals surface area contributed by atoms with Gasteiger partial charge in [-0.05, 0) is 30.3 Å². The van der Waals surface area contributed by atoms with E-state index in [0.717, 1.165) is 6.07 Å². The second-order valence-electron chi connectivity index (χ2n) is 4.22. The van der Waals surface area contributed by atoms with Gasteiger partial charge in [0.05, 0.1) is 10.6 Å². The quantitative estimate of drug-likeness (QED) is 0.712. The minimum Gasteiger partial charge on any atom is -0.399 e. The molecule has 0 amide bonds. The van der Waals surface area contributed by atoms with Gasteiger partial charge in [-0.15, -0.1) is 0 Å². The highest BCUT2D eigenvalue weighted by molar-refractivity contribution is 7.93. The molecule has 0 aliphatic carbocycles. The Balaban J connectivity index is 2.52. The van der Waals surface area contributed by atoms with Crippen LogP contribution < -0.4 is 15.6 Å². The zero-order valence-corrected chi connectivity index (χ0v) is 12.4. The average Bonchev–Trinajstić information content (AvgIpc) is 2.38. The SMILES string of the molecule is Nc1ccc(S(N)(=O)=O)c(NS(=O)(=O)c2ccccc2)c1. The number of hydrogen-bond donors (Lipinski definition) is 3. The number of nitrogens with two attached hydrogens (primary N) is 2. The summed E-state index contributed by atoms with van der Waals surface area (Å²) in [6.45, 7) is 0. The summed E-state index contributed by atoms with van der Waals surface area (Å²) in [6.07, 6.45) is 0. The molecule has 0 bridgehead atoms. The van der Waals surface area contributed by atoms with Crippen LogP contribution in [0.4, 0.5) is 11.4 Å². The van der Waals surface area contributed by atoms with Gasteiger partial charge in [0.25, 0.3) is 10.0 Å². The summed E-state index contributed by atoms with van der Waals surface area (Å²) < 4.78 is 49.6. The van der Waals surface area contributed by atoms with E-state index < -0.39 is 20.0 Å². The smallest absolute Gasteiger partial charge is 0.261 e. The molecular weight excluding hydrogens is 314 g/mol. The molecule has 0 radical (unpaired) electrons. The molecule has 0 aliphatic heterocycles. The first-order valence-corrected chi connectivity index (χ1v) is 8.73. The number of hydrogen-bond acceptors (Lipinski definition) is 5. The lowest BCUT2D eigenvalue weighted by molar-refractivity contribution is 0.598. The third-order valence-electron chi connectivity index (χ3n) is 2.61. The Morgan fingerprint density at radius 3 is 2.10 bits per heavy atom. The van der Waals surface area contributed by atoms with Gasteiger partial charge in [-0.1, -0.05) is 18.2 Å². The Hall–Kier alpha value is -2.10. The summed E-state index contributed by atoms with van der Waals surface area (Å²) in [4.78, 5) is -0.357. The van der Waals surface area contributed by atoms with Crippen LogP contribution in [0.3, 0.4) is 0 Å². The molecule has 112 valence electrons. The van der Waals surface area contributed by atoms with E-state index in [4.69, 9.17) is 10.9 Å². The Kier molecular flexibility index (Phi) is 3.90. The molecule has 9 heteroatoms. The second kappa shape index (κ2) is 5.35. The number of anilines is 2. The van der Waals surface area contributed by atoms with Crippen LogP contribution in [0.2, 0.25) is 0 Å². The van der Waals surface area contributed by atoms with Crippen LogP contribution in [0.5, 0.6) is 0 Å². The number of rotatable bonds is 4. The molecule has 5 N–H and O–H groups in total. The summed E-state index contributed by atoms with van der Waals surface area (Å²) in [6, 6.07) is 11.2. The van der Waals surface area contributed by atoms with Gasteiger partial charge in [-0.2, -0.15) is 0 Å². The lowest BCUT2D eigenvalue weighted by Crippen LogP contribution is -2.19. The molecule has 0 unspecified atom stereocenters. The standard InChI is InChI=1S/C12H13N3O4S2/c13-9-6-7-12(20(14,16)17)11(8-9)15-21(18,19)10-4-2-1-3-5-10/h1-8,15H,13H2,(H2,14,16,17). The number of sulfonamides is 2. The lowest BCUT2D eigenvalue weighted by Gasteiger charge is -2.12. The lowest BCUT2D eigenvalue weighted by atomic mass is 10.3. The molecular formula is C12H13N3O4S2. The fourth-order valence-corrected chi connectivity index (χ4v) is 3.51. The Bertz CT molecular complexity index is 863. The fourth-order valence-electron chi connectivity index (χ4n) is 1.68. The molecule has 0 saturated heterocycles. The Morgan fingerprint density at radius 2 is 1.52 bits per heavy atom. The monoisotopic (exact) mass is 327 g/mol. The third-order valence-corrected chi connectivity index (χ3v) is 4.96. The molecule has 2 rings (SSSR count). The summed E-state index contributed by atoms with van der Waals surface area (Å²) in [5, 5.41) is 5.06. The molecule has 2 aromatic rings. The third kappa shape index (κ3) is 3.51. The van der Waals surface area contributed by atoms with Crippen molar-refractivity contribution in [3.05, 3.63) is 48.5 Å². The first-order chi connectivity index (χ1) is 9.70. The second-order valence-corrected chi connectivity index (χ2v) is 7.43. The molecule has 21 heavy (non-hydrogen) atoms. The maximum atomic E-state index is 12.2. The van der Waals surface area contributed by atoms with Gasteiger partial charge in [0.1, 0.15) is 4.90 Å². The molecule has 0 fully saturated rings. The molecule has 2 aromatic carbocycles. The van der Waals surface area contributed by atoms with Crippen molar-refractivity contribution < 1.29 is 16.8 Å². The number of benzene rings is 2. The highest BCUT2D eigenvalue weighted by Gasteiger charge is 2.20. The first-order valence-electron chi connectivity index (χ1n) is 5.70. The predicted molar refractivity (Wildman–Crippen MR) is 79.5 cm³/mol. The highest BCUT2D eigenvalue weighted by atomic mass is 32.2. The number of primary sulfonamides is 1. The van der Waals surface area contributed by atoms with Crippen LogP contribution in [0.1, 0.15) is 0 Å². The van der Waals surface area contributed by atoms with E-state index in [1.54, 1.807) is 18.2 Å². The van der Waals surface area contributed by atoms with Crippen LogP contribution in [-0.4, -0.2) is 16.8 Å². The molecule has 0 aliphatic rings. The zero-order chi connectivity index (χ0) is 15.7. The Labute approximate surface area is 122 Å².